The van der Waals surface area contributed by atoms with Crippen LogP contribution in [-0.4, -0.2) is 15.9 Å². The molecule has 3 heterocycles. The molecule has 124 valence electrons. The summed E-state index contributed by atoms with van der Waals surface area (Å²) in [4.78, 5) is 9.79. The van der Waals surface area contributed by atoms with Crippen LogP contribution in [-0.2, 0) is 0 Å². The number of nitrogens with zero attached hydrogens (tertiary/aromatic N) is 3. The first-order valence-electron chi connectivity index (χ1n) is 7.52. The molecule has 0 amide bonds. The first-order chi connectivity index (χ1) is 12.3. The van der Waals surface area contributed by atoms with Crippen LogP contribution in [0.2, 0.25) is 5.02 Å². The number of H-pyrrole nitrogens is 1. The van der Waals surface area contributed by atoms with Gasteiger partial charge in [0.1, 0.15) is 0 Å². The van der Waals surface area contributed by atoms with E-state index in [1.165, 1.54) is 0 Å². The number of aromatic nitrogens is 2. The van der Waals surface area contributed by atoms with Gasteiger partial charge < -0.3 is 4.98 Å². The number of thiazole rings is 1. The highest BCUT2D eigenvalue weighted by Crippen LogP contribution is 2.25. The van der Waals surface area contributed by atoms with E-state index in [0.29, 0.717) is 5.02 Å². The Bertz CT molecular complexity index is 1040. The van der Waals surface area contributed by atoms with Gasteiger partial charge in [-0.3, -0.25) is 0 Å². The van der Waals surface area contributed by atoms with Crippen LogP contribution in [0.3, 0.4) is 0 Å². The molecule has 3 aromatic heterocycles. The average Bonchev–Trinajstić information content (AvgIpc) is 3.37. The Morgan fingerprint density at radius 3 is 2.64 bits per heavy atom. The first-order valence-corrected chi connectivity index (χ1v) is 9.66. The maximum atomic E-state index is 5.95. The molecule has 0 saturated carbocycles. The van der Waals surface area contributed by atoms with Crippen molar-refractivity contribution >= 4 is 46.2 Å². The summed E-state index contributed by atoms with van der Waals surface area (Å²) in [5.41, 5.74) is 2.80. The van der Waals surface area contributed by atoms with Gasteiger partial charge in [0.25, 0.3) is 0 Å². The van der Waals surface area contributed by atoms with Crippen molar-refractivity contribution in [2.75, 3.05) is 0 Å². The number of rotatable bonds is 4. The monoisotopic (exact) mass is 384 g/mol. The summed E-state index contributed by atoms with van der Waals surface area (Å²) in [5, 5.41) is 9.47. The fourth-order valence-electron chi connectivity index (χ4n) is 2.25. The van der Waals surface area contributed by atoms with Gasteiger partial charge in [-0.15, -0.1) is 22.7 Å². The van der Waals surface area contributed by atoms with E-state index in [-0.39, 0.29) is 0 Å². The second-order valence-corrected chi connectivity index (χ2v) is 7.37. The van der Waals surface area contributed by atoms with E-state index < -0.39 is 0 Å². The summed E-state index contributed by atoms with van der Waals surface area (Å²) in [7, 11) is 0. The lowest BCUT2D eigenvalue weighted by Crippen LogP contribution is -2.11. The van der Waals surface area contributed by atoms with Crippen LogP contribution in [0, 0.1) is 0 Å². The lowest BCUT2D eigenvalue weighted by molar-refractivity contribution is 0.856. The highest BCUT2D eigenvalue weighted by Gasteiger charge is 2.08. The third kappa shape index (κ3) is 3.66. The second-order valence-electron chi connectivity index (χ2n) is 5.15. The third-order valence-corrected chi connectivity index (χ3v) is 5.41. The summed E-state index contributed by atoms with van der Waals surface area (Å²) in [5.74, 6) is 0. The molecule has 4 nitrogen and oxygen atoms in total. The summed E-state index contributed by atoms with van der Waals surface area (Å²) < 4.78 is 1.87. The average molecular weight is 385 g/mol. The van der Waals surface area contributed by atoms with Crippen LogP contribution >= 0.6 is 34.3 Å². The highest BCUT2D eigenvalue weighted by atomic mass is 35.5. The summed E-state index contributed by atoms with van der Waals surface area (Å²) >= 11 is 9.19. The molecule has 0 unspecified atom stereocenters. The Morgan fingerprint density at radius 1 is 1.04 bits per heavy atom. The molecule has 7 heteroatoms. The molecule has 1 aromatic carbocycles. The lowest BCUT2D eigenvalue weighted by Gasteiger charge is -2.00. The van der Waals surface area contributed by atoms with Crippen LogP contribution < -0.4 is 4.80 Å². The molecular formula is C18H13ClN4S2. The maximum absolute atomic E-state index is 5.95. The van der Waals surface area contributed by atoms with E-state index in [2.05, 4.69) is 26.9 Å². The van der Waals surface area contributed by atoms with Crippen LogP contribution in [0.15, 0.2) is 75.6 Å². The van der Waals surface area contributed by atoms with Gasteiger partial charge in [-0.25, -0.2) is 9.67 Å². The molecule has 4 aromatic rings. The Hall–Kier alpha value is -2.41. The molecule has 0 fully saturated rings. The first kappa shape index (κ1) is 16.1. The standard InChI is InChI=1S/C18H13ClN4S2/c19-13-5-7-14(8-6-13)22-18-23(21-11-15-3-1-9-20-15)16(12-25-18)17-4-2-10-24-17/h1-12,20H. The van der Waals surface area contributed by atoms with Gasteiger partial charge in [0.2, 0.25) is 4.80 Å². The van der Waals surface area contributed by atoms with Gasteiger partial charge in [-0.1, -0.05) is 17.7 Å². The van der Waals surface area contributed by atoms with Crippen molar-refractivity contribution in [2.24, 2.45) is 10.1 Å². The van der Waals surface area contributed by atoms with Gasteiger partial charge in [-0.05, 0) is 47.8 Å². The molecule has 0 spiro atoms. The molecule has 0 atom stereocenters. The number of halogens is 1. The normalized spacial score (nSPS) is 12.3. The van der Waals surface area contributed by atoms with Crippen LogP contribution in [0.1, 0.15) is 5.69 Å². The minimum atomic E-state index is 0.696. The van der Waals surface area contributed by atoms with Crippen LogP contribution in [0.5, 0.6) is 0 Å². The largest absolute Gasteiger partial charge is 0.360 e. The van der Waals surface area contributed by atoms with Gasteiger partial charge in [-0.2, -0.15) is 5.10 Å². The summed E-state index contributed by atoms with van der Waals surface area (Å²) in [6, 6.07) is 15.5. The fraction of sp³-hybridized carbons (Fsp3) is 0. The molecular weight excluding hydrogens is 372 g/mol. The van der Waals surface area contributed by atoms with E-state index in [0.717, 1.165) is 26.8 Å². The summed E-state index contributed by atoms with van der Waals surface area (Å²) in [6.07, 6.45) is 3.67. The van der Waals surface area contributed by atoms with Crippen molar-refractivity contribution in [1.29, 1.82) is 0 Å². The molecule has 1 N–H and O–H groups in total. The van der Waals surface area contributed by atoms with Crippen LogP contribution in [0.4, 0.5) is 5.69 Å². The zero-order valence-electron chi connectivity index (χ0n) is 13.0. The van der Waals surface area contributed by atoms with E-state index in [1.54, 1.807) is 28.9 Å². The smallest absolute Gasteiger partial charge is 0.211 e. The van der Waals surface area contributed by atoms with Gasteiger partial charge in [0.15, 0.2) is 0 Å². The van der Waals surface area contributed by atoms with Crippen molar-refractivity contribution in [3.05, 3.63) is 81.0 Å². The predicted octanol–water partition coefficient (Wildman–Crippen LogP) is 5.37. The molecule has 25 heavy (non-hydrogen) atoms. The molecule has 0 aliphatic carbocycles. The maximum Gasteiger partial charge on any atom is 0.211 e. The minimum absolute atomic E-state index is 0.696. The Kier molecular flexibility index (Phi) is 4.65. The third-order valence-electron chi connectivity index (χ3n) is 3.44. The van der Waals surface area contributed by atoms with E-state index in [9.17, 15) is 0 Å². The quantitative estimate of drug-likeness (QED) is 0.459. The number of hydrogen-bond acceptors (Lipinski definition) is 4. The molecule has 0 saturated heterocycles. The molecule has 4 rings (SSSR count). The van der Waals surface area contributed by atoms with E-state index in [1.807, 2.05) is 53.3 Å². The Morgan fingerprint density at radius 2 is 1.92 bits per heavy atom. The number of benzene rings is 1. The zero-order chi connectivity index (χ0) is 17.1. The number of nitrogens with one attached hydrogen (secondary N) is 1. The Balaban J connectivity index is 1.82. The number of aromatic amines is 1. The minimum Gasteiger partial charge on any atom is -0.360 e. The van der Waals surface area contributed by atoms with Crippen molar-refractivity contribution in [1.82, 2.24) is 9.66 Å². The number of hydrogen-bond donors (Lipinski definition) is 1. The topological polar surface area (TPSA) is 45.4 Å². The SMILES string of the molecule is Clc1ccc(N=c2scc(-c3cccs3)n2N=Cc2ccc[nH]2)cc1. The predicted molar refractivity (Wildman–Crippen MR) is 106 cm³/mol. The van der Waals surface area contributed by atoms with Gasteiger partial charge in [0.05, 0.1) is 28.2 Å². The highest BCUT2D eigenvalue weighted by molar-refractivity contribution is 7.14. The van der Waals surface area contributed by atoms with E-state index in [4.69, 9.17) is 16.6 Å². The molecule has 0 radical (unpaired) electrons. The molecule has 0 aliphatic rings. The van der Waals surface area contributed by atoms with Gasteiger partial charge >= 0.3 is 0 Å². The van der Waals surface area contributed by atoms with Crippen LogP contribution in [0.25, 0.3) is 10.6 Å². The molecule has 0 bridgehead atoms. The Labute approximate surface area is 157 Å². The second kappa shape index (κ2) is 7.23. The van der Waals surface area contributed by atoms with Crippen molar-refractivity contribution in [3.63, 3.8) is 0 Å². The van der Waals surface area contributed by atoms with E-state index >= 15 is 0 Å². The number of thiophene rings is 1. The van der Waals surface area contributed by atoms with Gasteiger partial charge in [0, 0.05) is 16.6 Å². The molecule has 0 aliphatic heterocycles. The summed E-state index contributed by atoms with van der Waals surface area (Å²) in [6.45, 7) is 0. The van der Waals surface area contributed by atoms with Crippen molar-refractivity contribution in [2.45, 2.75) is 0 Å². The fourth-order valence-corrected chi connectivity index (χ4v) is 4.03. The lowest BCUT2D eigenvalue weighted by atomic mass is 10.3. The zero-order valence-corrected chi connectivity index (χ0v) is 15.4. The van der Waals surface area contributed by atoms with Crippen molar-refractivity contribution < 1.29 is 0 Å². The van der Waals surface area contributed by atoms with Crippen molar-refractivity contribution in [3.8, 4) is 10.6 Å².